The number of aromatic nitrogens is 1. The lowest BCUT2D eigenvalue weighted by Crippen LogP contribution is -2.18. The third-order valence-corrected chi connectivity index (χ3v) is 6.31. The number of rotatable bonds is 0. The maximum atomic E-state index is 11.3. The molecule has 2 fully saturated rings. The van der Waals surface area contributed by atoms with Gasteiger partial charge in [-0.25, -0.2) is 0 Å². The van der Waals surface area contributed by atoms with Crippen LogP contribution < -0.4 is 4.87 Å². The van der Waals surface area contributed by atoms with Crippen molar-refractivity contribution in [2.75, 3.05) is 0 Å². The molecule has 0 saturated heterocycles. The minimum atomic E-state index is 0.0941. The zero-order chi connectivity index (χ0) is 9.99. The molecular formula is C11H11NOS2. The van der Waals surface area contributed by atoms with Crippen molar-refractivity contribution >= 4 is 29.2 Å². The molecule has 2 aliphatic carbocycles. The van der Waals surface area contributed by atoms with E-state index in [1.54, 1.807) is 5.57 Å². The van der Waals surface area contributed by atoms with Crippen molar-refractivity contribution in [3.63, 3.8) is 0 Å². The van der Waals surface area contributed by atoms with E-state index < -0.39 is 0 Å². The van der Waals surface area contributed by atoms with Crippen molar-refractivity contribution in [2.45, 2.75) is 29.5 Å². The third-order valence-electron chi connectivity index (χ3n) is 3.89. The van der Waals surface area contributed by atoms with Gasteiger partial charge in [0.15, 0.2) is 0 Å². The predicted molar refractivity (Wildman–Crippen MR) is 63.4 cm³/mol. The molecule has 3 aliphatic rings. The van der Waals surface area contributed by atoms with Gasteiger partial charge in [0.2, 0.25) is 0 Å². The Morgan fingerprint density at radius 1 is 1.40 bits per heavy atom. The van der Waals surface area contributed by atoms with Gasteiger partial charge in [-0.15, -0.1) is 0 Å². The van der Waals surface area contributed by atoms with Gasteiger partial charge in [0.25, 0.3) is 0 Å². The van der Waals surface area contributed by atoms with Crippen LogP contribution in [0, 0.1) is 11.8 Å². The molecule has 15 heavy (non-hydrogen) atoms. The van der Waals surface area contributed by atoms with Crippen LogP contribution in [0.5, 0.6) is 0 Å². The van der Waals surface area contributed by atoms with Crippen LogP contribution in [0.4, 0.5) is 0 Å². The molecule has 2 bridgehead atoms. The summed E-state index contributed by atoms with van der Waals surface area (Å²) < 4.78 is 0. The number of thioether (sulfide) groups is 1. The van der Waals surface area contributed by atoms with E-state index >= 15 is 0 Å². The van der Waals surface area contributed by atoms with Gasteiger partial charge in [-0.05, 0) is 37.2 Å². The highest BCUT2D eigenvalue weighted by Crippen LogP contribution is 2.57. The number of hydrogen-bond acceptors (Lipinski definition) is 3. The Balaban J connectivity index is 1.88. The van der Waals surface area contributed by atoms with Gasteiger partial charge in [0.1, 0.15) is 0 Å². The predicted octanol–water partition coefficient (Wildman–Crippen LogP) is 2.72. The first-order valence-electron chi connectivity index (χ1n) is 5.42. The van der Waals surface area contributed by atoms with E-state index in [4.69, 9.17) is 0 Å². The van der Waals surface area contributed by atoms with E-state index in [1.165, 1.54) is 35.5 Å². The van der Waals surface area contributed by atoms with Gasteiger partial charge in [0, 0.05) is 5.25 Å². The first kappa shape index (κ1) is 8.65. The summed E-state index contributed by atoms with van der Waals surface area (Å²) in [5.41, 5.74) is 1.62. The average Bonchev–Trinajstić information content (AvgIpc) is 2.85. The number of nitrogens with one attached hydrogen (secondary N) is 1. The summed E-state index contributed by atoms with van der Waals surface area (Å²) in [5, 5.41) is 1.80. The highest BCUT2D eigenvalue weighted by molar-refractivity contribution is 8.00. The molecule has 1 aromatic rings. The van der Waals surface area contributed by atoms with Crippen molar-refractivity contribution < 1.29 is 0 Å². The van der Waals surface area contributed by atoms with Crippen molar-refractivity contribution in [3.8, 4) is 0 Å². The molecule has 1 aliphatic heterocycles. The summed E-state index contributed by atoms with van der Waals surface area (Å²) in [6.45, 7) is 0. The molecule has 0 spiro atoms. The number of thiazole rings is 1. The number of hydrogen-bond donors (Lipinski definition) is 1. The maximum Gasteiger partial charge on any atom is 0.305 e. The molecule has 2 saturated carbocycles. The van der Waals surface area contributed by atoms with Crippen LogP contribution >= 0.6 is 23.1 Å². The Morgan fingerprint density at radius 2 is 2.33 bits per heavy atom. The van der Waals surface area contributed by atoms with Gasteiger partial charge < -0.3 is 4.98 Å². The SMILES string of the molecule is O=c1[nH]c2c(s1)C=C1C(S2)[C@H]2CC[C@@H]1C2. The second kappa shape index (κ2) is 2.80. The van der Waals surface area contributed by atoms with E-state index in [0.29, 0.717) is 5.25 Å². The lowest BCUT2D eigenvalue weighted by atomic mass is 9.93. The van der Waals surface area contributed by atoms with Crippen molar-refractivity contribution in [1.29, 1.82) is 0 Å². The van der Waals surface area contributed by atoms with Crippen LogP contribution in [0.1, 0.15) is 24.1 Å². The van der Waals surface area contributed by atoms with E-state index in [2.05, 4.69) is 11.1 Å². The average molecular weight is 237 g/mol. The van der Waals surface area contributed by atoms with Crippen molar-refractivity contribution in [1.82, 2.24) is 4.98 Å². The number of H-pyrrole nitrogens is 1. The largest absolute Gasteiger partial charge is 0.307 e. The lowest BCUT2D eigenvalue weighted by molar-refractivity contribution is 0.573. The number of fused-ring (bicyclic) bond motifs is 6. The Kier molecular flexibility index (Phi) is 1.61. The molecule has 1 N–H and O–H groups in total. The molecule has 78 valence electrons. The van der Waals surface area contributed by atoms with Gasteiger partial charge >= 0.3 is 4.87 Å². The minimum Gasteiger partial charge on any atom is -0.307 e. The first-order chi connectivity index (χ1) is 7.31. The fourth-order valence-corrected chi connectivity index (χ4v) is 5.69. The lowest BCUT2D eigenvalue weighted by Gasteiger charge is -2.27. The summed E-state index contributed by atoms with van der Waals surface area (Å²) in [6, 6.07) is 0. The van der Waals surface area contributed by atoms with Gasteiger partial charge in [-0.2, -0.15) is 0 Å². The van der Waals surface area contributed by atoms with Gasteiger partial charge in [-0.1, -0.05) is 28.7 Å². The smallest absolute Gasteiger partial charge is 0.305 e. The summed E-state index contributed by atoms with van der Waals surface area (Å²) in [7, 11) is 0. The highest BCUT2D eigenvalue weighted by atomic mass is 32.2. The topological polar surface area (TPSA) is 32.9 Å². The standard InChI is InChI=1S/C11H11NOS2/c13-11-12-10-8(14-11)4-7-5-1-2-6(3-5)9(7)15-10/h4-6,9H,1-3H2,(H,12,13)/t5-,6+,9?/m1/s1. The first-order valence-corrected chi connectivity index (χ1v) is 7.12. The van der Waals surface area contributed by atoms with Crippen LogP contribution in [-0.4, -0.2) is 10.2 Å². The molecule has 1 aromatic heterocycles. The number of aromatic amines is 1. The normalized spacial score (nSPS) is 36.3. The maximum absolute atomic E-state index is 11.3. The Bertz CT molecular complexity index is 513. The molecule has 2 nitrogen and oxygen atoms in total. The fourth-order valence-electron chi connectivity index (χ4n) is 3.25. The van der Waals surface area contributed by atoms with Crippen molar-refractivity contribution in [2.24, 2.45) is 11.8 Å². The zero-order valence-electron chi connectivity index (χ0n) is 8.16. The molecule has 4 rings (SSSR count). The fraction of sp³-hybridized carbons (Fsp3) is 0.545. The Labute approximate surface area is 95.8 Å². The van der Waals surface area contributed by atoms with Gasteiger partial charge in [0.05, 0.1) is 9.90 Å². The van der Waals surface area contributed by atoms with E-state index in [-0.39, 0.29) is 4.87 Å². The summed E-state index contributed by atoms with van der Waals surface area (Å²) >= 11 is 3.26. The molecule has 3 atom stereocenters. The van der Waals surface area contributed by atoms with Crippen LogP contribution in [0.15, 0.2) is 15.4 Å². The Hall–Kier alpha value is -0.480. The van der Waals surface area contributed by atoms with Crippen LogP contribution in [0.2, 0.25) is 0 Å². The molecule has 4 heteroatoms. The minimum absolute atomic E-state index is 0.0941. The second-order valence-electron chi connectivity index (χ2n) is 4.66. The quantitative estimate of drug-likeness (QED) is 0.752. The second-order valence-corrected chi connectivity index (χ2v) is 6.83. The zero-order valence-corrected chi connectivity index (χ0v) is 9.79. The molecule has 0 radical (unpaired) electrons. The van der Waals surface area contributed by atoms with E-state index in [0.717, 1.165) is 16.9 Å². The molecule has 1 unspecified atom stereocenters. The molecule has 2 heterocycles. The van der Waals surface area contributed by atoms with Crippen LogP contribution in [0.25, 0.3) is 6.08 Å². The summed E-state index contributed by atoms with van der Waals surface area (Å²) in [5.74, 6) is 1.71. The van der Waals surface area contributed by atoms with E-state index in [9.17, 15) is 4.79 Å². The van der Waals surface area contributed by atoms with Crippen LogP contribution in [-0.2, 0) is 0 Å². The van der Waals surface area contributed by atoms with E-state index in [1.807, 2.05) is 11.8 Å². The highest BCUT2D eigenvalue weighted by Gasteiger charge is 2.45. The molecular weight excluding hydrogens is 226 g/mol. The van der Waals surface area contributed by atoms with Crippen molar-refractivity contribution in [3.05, 3.63) is 20.1 Å². The third kappa shape index (κ3) is 1.09. The molecule has 0 aromatic carbocycles. The molecule has 0 amide bonds. The monoisotopic (exact) mass is 237 g/mol. The summed E-state index contributed by atoms with van der Waals surface area (Å²) in [4.78, 5) is 15.5. The Morgan fingerprint density at radius 3 is 3.27 bits per heavy atom. The summed E-state index contributed by atoms with van der Waals surface area (Å²) in [6.07, 6.45) is 6.46. The van der Waals surface area contributed by atoms with Gasteiger partial charge in [-0.3, -0.25) is 4.79 Å². The van der Waals surface area contributed by atoms with Crippen LogP contribution in [0.3, 0.4) is 0 Å².